The number of benzene rings is 3. The topological polar surface area (TPSA) is 149 Å². The zero-order chi connectivity index (χ0) is 26.8. The van der Waals surface area contributed by atoms with E-state index in [1.807, 2.05) is 0 Å². The Kier molecular flexibility index (Phi) is 9.23. The van der Waals surface area contributed by atoms with Crippen molar-refractivity contribution in [1.29, 1.82) is 0 Å². The normalized spacial score (nSPS) is 12.4. The third kappa shape index (κ3) is 7.33. The molecular formula is C27H27N3O7. The Bertz CT molecular complexity index is 1280. The number of nitrogen functional groups attached to an aromatic ring is 1. The van der Waals surface area contributed by atoms with E-state index in [-0.39, 0.29) is 17.1 Å². The number of para-hydroxylation sites is 2. The minimum absolute atomic E-state index is 0.203. The summed E-state index contributed by atoms with van der Waals surface area (Å²) in [6, 6.07) is 19.3. The number of carbonyl (C=O) groups is 3. The molecule has 0 fully saturated rings. The molecule has 3 aromatic rings. The molecule has 3 rings (SSSR count). The number of imide groups is 1. The van der Waals surface area contributed by atoms with Gasteiger partial charge in [0.05, 0.1) is 18.5 Å². The standard InChI is InChI=1S/C27H27N3O7/c1-35-22-13-12-18(16-21(22)31)25(37-27(34)30-26(33)17-8-4-3-5-9-17)23(36-2)14-15-24(32)29-20-11-7-6-10-19(20)28/h3-16,23,25,31H,28H2,1-2H3,(H,29,32)(H,30,33,34)/b15-14+/t23-,25-/m1/s1. The predicted octanol–water partition coefficient (Wildman–Crippen LogP) is 3.80. The van der Waals surface area contributed by atoms with Gasteiger partial charge in [-0.3, -0.25) is 14.9 Å². The molecule has 0 saturated heterocycles. The molecule has 0 bridgehead atoms. The van der Waals surface area contributed by atoms with Crippen LogP contribution in [0.4, 0.5) is 16.2 Å². The van der Waals surface area contributed by atoms with Crippen molar-refractivity contribution in [3.05, 3.63) is 96.1 Å². The number of rotatable bonds is 9. The molecule has 0 aliphatic carbocycles. The largest absolute Gasteiger partial charge is 0.504 e. The van der Waals surface area contributed by atoms with Crippen molar-refractivity contribution < 1.29 is 33.7 Å². The second-order valence-corrected chi connectivity index (χ2v) is 7.71. The molecule has 3 aromatic carbocycles. The Morgan fingerprint density at radius 3 is 2.32 bits per heavy atom. The van der Waals surface area contributed by atoms with E-state index in [9.17, 15) is 19.5 Å². The Morgan fingerprint density at radius 1 is 0.973 bits per heavy atom. The van der Waals surface area contributed by atoms with Crippen LogP contribution in [0.25, 0.3) is 0 Å². The third-order valence-electron chi connectivity index (χ3n) is 5.24. The van der Waals surface area contributed by atoms with Crippen molar-refractivity contribution in [3.63, 3.8) is 0 Å². The lowest BCUT2D eigenvalue weighted by Gasteiger charge is -2.24. The van der Waals surface area contributed by atoms with Gasteiger partial charge in [-0.05, 0) is 48.0 Å². The molecule has 0 spiro atoms. The molecule has 0 unspecified atom stereocenters. The fourth-order valence-electron chi connectivity index (χ4n) is 3.38. The van der Waals surface area contributed by atoms with E-state index in [1.165, 1.54) is 38.5 Å². The van der Waals surface area contributed by atoms with Crippen LogP contribution in [-0.4, -0.2) is 43.3 Å². The summed E-state index contributed by atoms with van der Waals surface area (Å²) in [7, 11) is 2.75. The van der Waals surface area contributed by atoms with Crippen LogP contribution in [0.2, 0.25) is 0 Å². The molecule has 2 atom stereocenters. The van der Waals surface area contributed by atoms with Gasteiger partial charge in [0.15, 0.2) is 17.6 Å². The summed E-state index contributed by atoms with van der Waals surface area (Å²) >= 11 is 0. The van der Waals surface area contributed by atoms with Gasteiger partial charge in [0, 0.05) is 18.7 Å². The Hall–Kier alpha value is -4.83. The van der Waals surface area contributed by atoms with E-state index >= 15 is 0 Å². The zero-order valence-electron chi connectivity index (χ0n) is 20.2. The molecule has 37 heavy (non-hydrogen) atoms. The van der Waals surface area contributed by atoms with Crippen LogP contribution >= 0.6 is 0 Å². The maximum atomic E-state index is 12.6. The van der Waals surface area contributed by atoms with Crippen LogP contribution in [0.3, 0.4) is 0 Å². The Labute approximate surface area is 213 Å². The average Bonchev–Trinajstić information content (AvgIpc) is 2.90. The lowest BCUT2D eigenvalue weighted by Crippen LogP contribution is -2.34. The first kappa shape index (κ1) is 26.8. The first-order valence-corrected chi connectivity index (χ1v) is 11.1. The van der Waals surface area contributed by atoms with E-state index in [0.29, 0.717) is 16.9 Å². The van der Waals surface area contributed by atoms with Gasteiger partial charge in [-0.1, -0.05) is 36.4 Å². The highest BCUT2D eigenvalue weighted by atomic mass is 16.6. The lowest BCUT2D eigenvalue weighted by atomic mass is 10.0. The fourth-order valence-corrected chi connectivity index (χ4v) is 3.38. The Balaban J connectivity index is 1.82. The number of aromatic hydroxyl groups is 1. The number of nitrogens with two attached hydrogens (primary N) is 1. The van der Waals surface area contributed by atoms with E-state index in [1.54, 1.807) is 60.7 Å². The van der Waals surface area contributed by atoms with Crippen LogP contribution in [0.5, 0.6) is 11.5 Å². The second-order valence-electron chi connectivity index (χ2n) is 7.71. The van der Waals surface area contributed by atoms with Crippen LogP contribution in [0, 0.1) is 0 Å². The van der Waals surface area contributed by atoms with Gasteiger partial charge >= 0.3 is 6.09 Å². The molecule has 0 radical (unpaired) electrons. The van der Waals surface area contributed by atoms with Gasteiger partial charge in [-0.25, -0.2) is 4.79 Å². The Morgan fingerprint density at radius 2 is 1.68 bits per heavy atom. The predicted molar refractivity (Wildman–Crippen MR) is 137 cm³/mol. The minimum Gasteiger partial charge on any atom is -0.504 e. The first-order chi connectivity index (χ1) is 17.8. The van der Waals surface area contributed by atoms with Gasteiger partial charge < -0.3 is 30.4 Å². The number of ether oxygens (including phenoxy) is 3. The number of methoxy groups -OCH3 is 2. The second kappa shape index (κ2) is 12.8. The summed E-state index contributed by atoms with van der Waals surface area (Å²) in [6.45, 7) is 0. The monoisotopic (exact) mass is 505 g/mol. The molecule has 0 aliphatic heterocycles. The van der Waals surface area contributed by atoms with Crippen LogP contribution in [0.15, 0.2) is 84.9 Å². The molecular weight excluding hydrogens is 478 g/mol. The van der Waals surface area contributed by atoms with Crippen LogP contribution in [-0.2, 0) is 14.3 Å². The highest BCUT2D eigenvalue weighted by Crippen LogP contribution is 2.33. The molecule has 5 N–H and O–H groups in total. The maximum absolute atomic E-state index is 12.6. The fraction of sp³-hybridized carbons (Fsp3) is 0.148. The summed E-state index contributed by atoms with van der Waals surface area (Å²) in [6.07, 6.45) is -0.605. The van der Waals surface area contributed by atoms with Crippen molar-refractivity contribution in [3.8, 4) is 11.5 Å². The number of alkyl carbamates (subject to hydrolysis) is 1. The van der Waals surface area contributed by atoms with Crippen molar-refractivity contribution in [2.24, 2.45) is 0 Å². The number of nitrogens with one attached hydrogen (secondary N) is 2. The van der Waals surface area contributed by atoms with Crippen LogP contribution in [0.1, 0.15) is 22.0 Å². The summed E-state index contributed by atoms with van der Waals surface area (Å²) < 4.78 is 16.1. The number of phenolic OH excluding ortho intramolecular Hbond substituents is 1. The molecule has 0 saturated carbocycles. The highest BCUT2D eigenvalue weighted by molar-refractivity contribution is 6.03. The molecule has 3 amide bonds. The lowest BCUT2D eigenvalue weighted by molar-refractivity contribution is -0.112. The quantitative estimate of drug-likeness (QED) is 0.253. The van der Waals surface area contributed by atoms with Crippen molar-refractivity contribution in [2.45, 2.75) is 12.2 Å². The number of hydrogen-bond donors (Lipinski definition) is 4. The number of phenols is 1. The number of carbonyl (C=O) groups excluding carboxylic acids is 3. The zero-order valence-corrected chi connectivity index (χ0v) is 20.2. The minimum atomic E-state index is -1.16. The van der Waals surface area contributed by atoms with Crippen molar-refractivity contribution >= 4 is 29.3 Å². The third-order valence-corrected chi connectivity index (χ3v) is 5.24. The first-order valence-electron chi connectivity index (χ1n) is 11.1. The SMILES string of the molecule is COc1ccc([C@@H](OC(=O)NC(=O)c2ccccc2)[C@@H](/C=C/C(=O)Nc2ccccc2N)OC)cc1O. The molecule has 0 heterocycles. The molecule has 0 aromatic heterocycles. The van der Waals surface area contributed by atoms with Crippen molar-refractivity contribution in [2.75, 3.05) is 25.3 Å². The number of anilines is 2. The van der Waals surface area contributed by atoms with Gasteiger partial charge in [0.1, 0.15) is 6.10 Å². The number of hydrogen-bond acceptors (Lipinski definition) is 8. The number of amides is 3. The van der Waals surface area contributed by atoms with Gasteiger partial charge in [0.25, 0.3) is 5.91 Å². The van der Waals surface area contributed by atoms with E-state index < -0.39 is 30.1 Å². The van der Waals surface area contributed by atoms with Crippen molar-refractivity contribution in [1.82, 2.24) is 5.32 Å². The summed E-state index contributed by atoms with van der Waals surface area (Å²) in [5, 5.41) is 15.1. The van der Waals surface area contributed by atoms with Gasteiger partial charge in [-0.15, -0.1) is 0 Å². The summed E-state index contributed by atoms with van der Waals surface area (Å²) in [5.74, 6) is -1.16. The van der Waals surface area contributed by atoms with Crippen LogP contribution < -0.4 is 21.1 Å². The average molecular weight is 506 g/mol. The van der Waals surface area contributed by atoms with E-state index in [2.05, 4.69) is 10.6 Å². The van der Waals surface area contributed by atoms with E-state index in [4.69, 9.17) is 19.9 Å². The molecule has 10 nitrogen and oxygen atoms in total. The summed E-state index contributed by atoms with van der Waals surface area (Å²) in [5.41, 5.74) is 7.27. The maximum Gasteiger partial charge on any atom is 0.414 e. The van der Waals surface area contributed by atoms with Gasteiger partial charge in [-0.2, -0.15) is 0 Å². The smallest absolute Gasteiger partial charge is 0.414 e. The molecule has 0 aliphatic rings. The highest BCUT2D eigenvalue weighted by Gasteiger charge is 2.27. The summed E-state index contributed by atoms with van der Waals surface area (Å²) in [4.78, 5) is 37.5. The molecule has 10 heteroatoms. The molecule has 192 valence electrons. The van der Waals surface area contributed by atoms with E-state index in [0.717, 1.165) is 0 Å². The van der Waals surface area contributed by atoms with Gasteiger partial charge in [0.2, 0.25) is 5.91 Å².